The van der Waals surface area contributed by atoms with Crippen molar-refractivity contribution in [3.63, 3.8) is 0 Å². The average molecular weight is 298 g/mol. The van der Waals surface area contributed by atoms with Gasteiger partial charge in [0.2, 0.25) is 0 Å². The van der Waals surface area contributed by atoms with Crippen LogP contribution in [0.3, 0.4) is 0 Å². The van der Waals surface area contributed by atoms with E-state index in [4.69, 9.17) is 4.74 Å². The van der Waals surface area contributed by atoms with Crippen LogP contribution in [0.1, 0.15) is 33.6 Å². The minimum absolute atomic E-state index is 0.0705. The lowest BCUT2D eigenvalue weighted by Crippen LogP contribution is -2.52. The summed E-state index contributed by atoms with van der Waals surface area (Å²) in [4.78, 5) is 22.6. The molecule has 0 aromatic rings. The fourth-order valence-corrected chi connectivity index (χ4v) is 2.20. The molecule has 1 aliphatic carbocycles. The summed E-state index contributed by atoms with van der Waals surface area (Å²) in [7, 11) is 0. The number of carbonyl (C=O) groups excluding carboxylic acids is 2. The van der Waals surface area contributed by atoms with Crippen molar-refractivity contribution >= 4 is 12.0 Å². The molecule has 0 spiro atoms. The highest BCUT2D eigenvalue weighted by Gasteiger charge is 2.44. The summed E-state index contributed by atoms with van der Waals surface area (Å²) >= 11 is 0. The minimum atomic E-state index is -1.42. The molecule has 1 saturated carbocycles. The summed E-state index contributed by atoms with van der Waals surface area (Å²) < 4.78 is 19.3. The van der Waals surface area contributed by atoms with Gasteiger partial charge in [0.15, 0.2) is 0 Å². The van der Waals surface area contributed by atoms with Crippen molar-refractivity contribution < 1.29 is 18.7 Å². The third kappa shape index (κ3) is 6.45. The van der Waals surface area contributed by atoms with E-state index < -0.39 is 17.4 Å². The summed E-state index contributed by atoms with van der Waals surface area (Å²) in [6.07, 6.45) is 1.19. The molecule has 0 saturated heterocycles. The average Bonchev–Trinajstić information content (AvgIpc) is 2.29. The Labute approximate surface area is 124 Å². The van der Waals surface area contributed by atoms with E-state index in [1.807, 2.05) is 0 Å². The minimum Gasteiger partial charge on any atom is -0.444 e. The van der Waals surface area contributed by atoms with Crippen molar-refractivity contribution in [3.8, 4) is 0 Å². The predicted molar refractivity (Wildman–Crippen MR) is 77.5 cm³/mol. The zero-order valence-corrected chi connectivity index (χ0v) is 12.8. The Morgan fingerprint density at radius 3 is 2.57 bits per heavy atom. The van der Waals surface area contributed by atoms with Crippen molar-refractivity contribution in [2.75, 3.05) is 13.1 Å². The van der Waals surface area contributed by atoms with Crippen LogP contribution in [0, 0.1) is 5.92 Å². The van der Waals surface area contributed by atoms with Gasteiger partial charge in [0.25, 0.3) is 5.91 Å². The van der Waals surface area contributed by atoms with Crippen LogP contribution in [0.25, 0.3) is 0 Å². The van der Waals surface area contributed by atoms with E-state index in [9.17, 15) is 14.0 Å². The molecule has 1 aliphatic rings. The van der Waals surface area contributed by atoms with Crippen LogP contribution >= 0.6 is 0 Å². The van der Waals surface area contributed by atoms with Gasteiger partial charge in [0.05, 0.1) is 6.54 Å². The van der Waals surface area contributed by atoms with E-state index in [1.54, 1.807) is 20.8 Å². The first-order chi connectivity index (χ1) is 9.63. The van der Waals surface area contributed by atoms with Gasteiger partial charge < -0.3 is 15.4 Å². The molecule has 0 unspecified atom stereocenters. The van der Waals surface area contributed by atoms with E-state index in [-0.39, 0.29) is 18.4 Å². The van der Waals surface area contributed by atoms with E-state index in [2.05, 4.69) is 22.9 Å². The molecule has 2 N–H and O–H groups in total. The normalized spacial score (nSPS) is 24.3. The molecular weight excluding hydrogens is 275 g/mol. The van der Waals surface area contributed by atoms with E-state index in [0.29, 0.717) is 19.4 Å². The summed E-state index contributed by atoms with van der Waals surface area (Å²) in [6, 6.07) is 0. The lowest BCUT2D eigenvalue weighted by Gasteiger charge is -2.41. The number of alkyl carbamates (subject to hydrolysis) is 1. The number of hydrogen-bond donors (Lipinski definition) is 2. The van der Waals surface area contributed by atoms with Crippen molar-refractivity contribution in [1.82, 2.24) is 10.6 Å². The van der Waals surface area contributed by atoms with E-state index in [0.717, 1.165) is 0 Å². The van der Waals surface area contributed by atoms with Gasteiger partial charge in [-0.25, -0.2) is 9.18 Å². The third-order valence-corrected chi connectivity index (χ3v) is 3.06. The molecule has 6 heteroatoms. The number of carbonyl (C=O) groups is 2. The van der Waals surface area contributed by atoms with Crippen LogP contribution < -0.4 is 10.6 Å². The molecule has 0 bridgehead atoms. The first kappa shape index (κ1) is 17.2. The summed E-state index contributed by atoms with van der Waals surface area (Å²) in [6.45, 7) is 8.88. The first-order valence-corrected chi connectivity index (χ1v) is 6.93. The second-order valence-electron chi connectivity index (χ2n) is 6.37. The molecular formula is C15H23FN2O3. The molecule has 118 valence electrons. The van der Waals surface area contributed by atoms with E-state index in [1.165, 1.54) is 6.08 Å². The second-order valence-corrected chi connectivity index (χ2v) is 6.37. The maximum atomic E-state index is 14.2. The zero-order chi connectivity index (χ0) is 16.1. The van der Waals surface area contributed by atoms with Gasteiger partial charge in [-0.15, -0.1) is 5.73 Å². The number of hydrogen-bond acceptors (Lipinski definition) is 3. The number of amides is 2. The Kier molecular flexibility index (Phi) is 5.55. The van der Waals surface area contributed by atoms with Gasteiger partial charge in [0, 0.05) is 12.6 Å². The number of alkyl halides is 1. The molecule has 0 radical (unpaired) electrons. The van der Waals surface area contributed by atoms with Crippen molar-refractivity contribution in [2.24, 2.45) is 5.92 Å². The summed E-state index contributed by atoms with van der Waals surface area (Å²) in [5.41, 5.74) is 0.358. The highest BCUT2D eigenvalue weighted by atomic mass is 19.1. The molecule has 1 rings (SSSR count). The molecule has 0 heterocycles. The topological polar surface area (TPSA) is 67.4 Å². The van der Waals surface area contributed by atoms with E-state index >= 15 is 0 Å². The summed E-state index contributed by atoms with van der Waals surface area (Å²) in [5.74, 6) is -0.203. The van der Waals surface area contributed by atoms with Crippen LogP contribution in [0.5, 0.6) is 0 Å². The number of halogens is 1. The molecule has 0 aliphatic heterocycles. The molecule has 1 fully saturated rings. The highest BCUT2D eigenvalue weighted by molar-refractivity contribution is 5.87. The maximum absolute atomic E-state index is 14.2. The Morgan fingerprint density at radius 1 is 1.43 bits per heavy atom. The standard InChI is InChI=1S/C15H23FN2O3/c1-5-6-12(19)17-9-11-7-15(16,8-11)10-18-13(20)21-14(2,3)4/h6,11H,1,7-10H2,2-4H3,(H,17,19)(H,18,20). The van der Waals surface area contributed by atoms with Crippen LogP contribution in [0.15, 0.2) is 18.4 Å². The smallest absolute Gasteiger partial charge is 0.407 e. The van der Waals surface area contributed by atoms with Crippen LogP contribution in [0.2, 0.25) is 0 Å². The van der Waals surface area contributed by atoms with Gasteiger partial charge in [-0.1, -0.05) is 6.58 Å². The van der Waals surface area contributed by atoms with Gasteiger partial charge in [-0.05, 0) is 39.5 Å². The number of nitrogens with one attached hydrogen (secondary N) is 2. The Hall–Kier alpha value is -1.81. The Bertz CT molecular complexity index is 444. The predicted octanol–water partition coefficient (Wildman–Crippen LogP) is 2.09. The van der Waals surface area contributed by atoms with Gasteiger partial charge in [0.1, 0.15) is 11.3 Å². The highest BCUT2D eigenvalue weighted by Crippen LogP contribution is 2.40. The number of ether oxygens (including phenoxy) is 1. The Balaban J connectivity index is 2.23. The third-order valence-electron chi connectivity index (χ3n) is 3.06. The largest absolute Gasteiger partial charge is 0.444 e. The van der Waals surface area contributed by atoms with Gasteiger partial charge >= 0.3 is 6.09 Å². The lowest BCUT2D eigenvalue weighted by atomic mass is 9.72. The van der Waals surface area contributed by atoms with Gasteiger partial charge in [-0.3, -0.25) is 4.79 Å². The summed E-state index contributed by atoms with van der Waals surface area (Å²) in [5, 5.41) is 5.08. The molecule has 5 nitrogen and oxygen atoms in total. The molecule has 0 atom stereocenters. The molecule has 2 amide bonds. The molecule has 0 aromatic carbocycles. The zero-order valence-electron chi connectivity index (χ0n) is 12.8. The second kappa shape index (κ2) is 6.76. The van der Waals surface area contributed by atoms with Crippen LogP contribution in [-0.4, -0.2) is 36.4 Å². The van der Waals surface area contributed by atoms with Crippen LogP contribution in [0.4, 0.5) is 9.18 Å². The first-order valence-electron chi connectivity index (χ1n) is 6.93. The lowest BCUT2D eigenvalue weighted by molar-refractivity contribution is -0.117. The molecule has 21 heavy (non-hydrogen) atoms. The number of rotatable bonds is 5. The van der Waals surface area contributed by atoms with Crippen molar-refractivity contribution in [1.29, 1.82) is 0 Å². The monoisotopic (exact) mass is 298 g/mol. The fourth-order valence-electron chi connectivity index (χ4n) is 2.20. The van der Waals surface area contributed by atoms with Gasteiger partial charge in [-0.2, -0.15) is 0 Å². The fraction of sp³-hybridized carbons (Fsp3) is 0.667. The van der Waals surface area contributed by atoms with Crippen molar-refractivity contribution in [3.05, 3.63) is 18.4 Å². The quantitative estimate of drug-likeness (QED) is 0.603. The SMILES string of the molecule is C=C=CC(=O)NCC1CC(F)(CNC(=O)OC(C)(C)C)C1. The molecule has 0 aromatic heterocycles. The van der Waals surface area contributed by atoms with Crippen LogP contribution in [-0.2, 0) is 9.53 Å². The maximum Gasteiger partial charge on any atom is 0.407 e. The Morgan fingerprint density at radius 2 is 2.05 bits per heavy atom. The van der Waals surface area contributed by atoms with Crippen molar-refractivity contribution in [2.45, 2.75) is 44.9 Å².